The van der Waals surface area contributed by atoms with Crippen LogP contribution in [0.2, 0.25) is 0 Å². The lowest BCUT2D eigenvalue weighted by Gasteiger charge is -2.08. The molecule has 0 aliphatic rings. The number of hydrogen-bond acceptors (Lipinski definition) is 5. The molecule has 0 spiro atoms. The highest BCUT2D eigenvalue weighted by atomic mass is 15.3. The quantitative estimate of drug-likeness (QED) is 0.617. The average Bonchev–Trinajstić information content (AvgIpc) is 2.82. The number of H-pyrrole nitrogens is 1. The van der Waals surface area contributed by atoms with Gasteiger partial charge in [0, 0.05) is 0 Å². The Morgan fingerprint density at radius 2 is 2.11 bits per heavy atom. The van der Waals surface area contributed by atoms with Gasteiger partial charge in [0.15, 0.2) is 0 Å². The van der Waals surface area contributed by atoms with Gasteiger partial charge in [-0.15, -0.1) is 0 Å². The van der Waals surface area contributed by atoms with Crippen molar-refractivity contribution in [3.8, 4) is 12.1 Å². The van der Waals surface area contributed by atoms with Crippen LogP contribution in [-0.2, 0) is 0 Å². The first-order chi connectivity index (χ1) is 8.67. The Morgan fingerprint density at radius 1 is 1.39 bits per heavy atom. The van der Waals surface area contributed by atoms with Crippen molar-refractivity contribution in [2.45, 2.75) is 13.8 Å². The first-order valence-electron chi connectivity index (χ1n) is 5.24. The summed E-state index contributed by atoms with van der Waals surface area (Å²) in [6, 6.07) is 5.38. The molecule has 2 rings (SSSR count). The fourth-order valence-corrected chi connectivity index (χ4v) is 1.64. The van der Waals surface area contributed by atoms with E-state index in [0.29, 0.717) is 5.69 Å². The van der Waals surface area contributed by atoms with E-state index < -0.39 is 0 Å². The molecule has 1 aromatic carbocycles. The van der Waals surface area contributed by atoms with Crippen molar-refractivity contribution >= 4 is 22.4 Å². The Labute approximate surface area is 104 Å². The zero-order valence-corrected chi connectivity index (χ0v) is 9.94. The second kappa shape index (κ2) is 4.56. The van der Waals surface area contributed by atoms with Crippen LogP contribution in [0.5, 0.6) is 0 Å². The molecule has 0 bridgehead atoms. The standard InChI is InChI=1S/C12H10N6/c1-7-3-10-12(16-6-15-10)11(8(7)2)18-17-9(4-13)5-14/h3,6,18H,1-2H3,(H,15,16). The number of benzene rings is 1. The van der Waals surface area contributed by atoms with Crippen molar-refractivity contribution in [3.05, 3.63) is 23.5 Å². The van der Waals surface area contributed by atoms with Gasteiger partial charge in [-0.1, -0.05) is 0 Å². The Hall–Kier alpha value is -2.86. The zero-order valence-electron chi connectivity index (χ0n) is 9.94. The van der Waals surface area contributed by atoms with Crippen LogP contribution in [0, 0.1) is 36.5 Å². The summed E-state index contributed by atoms with van der Waals surface area (Å²) < 4.78 is 0. The van der Waals surface area contributed by atoms with E-state index in [0.717, 1.165) is 22.2 Å². The van der Waals surface area contributed by atoms with E-state index in [1.54, 1.807) is 18.5 Å². The number of hydrogen-bond donors (Lipinski definition) is 2. The van der Waals surface area contributed by atoms with Crippen LogP contribution < -0.4 is 5.43 Å². The largest absolute Gasteiger partial charge is 0.345 e. The molecule has 0 aliphatic heterocycles. The summed E-state index contributed by atoms with van der Waals surface area (Å²) in [6.45, 7) is 3.90. The van der Waals surface area contributed by atoms with Gasteiger partial charge in [-0.25, -0.2) is 4.98 Å². The molecule has 0 atom stereocenters. The second-order valence-electron chi connectivity index (χ2n) is 3.79. The monoisotopic (exact) mass is 238 g/mol. The smallest absolute Gasteiger partial charge is 0.237 e. The number of aromatic amines is 1. The number of fused-ring (bicyclic) bond motifs is 1. The van der Waals surface area contributed by atoms with Crippen LogP contribution in [0.1, 0.15) is 11.1 Å². The predicted octanol–water partition coefficient (Wildman–Crippen LogP) is 1.99. The predicted molar refractivity (Wildman–Crippen MR) is 67.9 cm³/mol. The van der Waals surface area contributed by atoms with Gasteiger partial charge in [0.2, 0.25) is 5.71 Å². The molecule has 0 fully saturated rings. The Bertz CT molecular complexity index is 694. The summed E-state index contributed by atoms with van der Waals surface area (Å²) in [5.41, 5.74) is 6.89. The van der Waals surface area contributed by atoms with Gasteiger partial charge < -0.3 is 4.98 Å². The van der Waals surface area contributed by atoms with Gasteiger partial charge in [0.1, 0.15) is 17.7 Å². The molecule has 1 aromatic heterocycles. The highest BCUT2D eigenvalue weighted by molar-refractivity contribution is 6.10. The fraction of sp³-hybridized carbons (Fsp3) is 0.167. The van der Waals surface area contributed by atoms with E-state index in [1.807, 2.05) is 19.9 Å². The van der Waals surface area contributed by atoms with Crippen molar-refractivity contribution in [2.75, 3.05) is 5.43 Å². The van der Waals surface area contributed by atoms with E-state index in [1.165, 1.54) is 0 Å². The van der Waals surface area contributed by atoms with Crippen molar-refractivity contribution in [3.63, 3.8) is 0 Å². The molecule has 0 amide bonds. The number of hydrazone groups is 1. The lowest BCUT2D eigenvalue weighted by Crippen LogP contribution is -2.00. The van der Waals surface area contributed by atoms with Crippen LogP contribution in [-0.4, -0.2) is 15.7 Å². The fourth-order valence-electron chi connectivity index (χ4n) is 1.64. The molecule has 0 radical (unpaired) electrons. The van der Waals surface area contributed by atoms with Crippen molar-refractivity contribution in [2.24, 2.45) is 5.10 Å². The molecule has 6 heteroatoms. The van der Waals surface area contributed by atoms with E-state index in [4.69, 9.17) is 10.5 Å². The Morgan fingerprint density at radius 3 is 2.78 bits per heavy atom. The maximum atomic E-state index is 8.64. The molecule has 0 saturated carbocycles. The molecule has 88 valence electrons. The minimum atomic E-state index is -0.223. The third kappa shape index (κ3) is 1.87. The third-order valence-corrected chi connectivity index (χ3v) is 2.72. The van der Waals surface area contributed by atoms with Crippen LogP contribution >= 0.6 is 0 Å². The Kier molecular flexibility index (Phi) is 2.94. The van der Waals surface area contributed by atoms with E-state index >= 15 is 0 Å². The maximum absolute atomic E-state index is 8.64. The first-order valence-corrected chi connectivity index (χ1v) is 5.24. The van der Waals surface area contributed by atoms with E-state index in [2.05, 4.69) is 20.5 Å². The molecule has 2 N–H and O–H groups in total. The van der Waals surface area contributed by atoms with Gasteiger partial charge in [-0.2, -0.15) is 15.6 Å². The highest BCUT2D eigenvalue weighted by Gasteiger charge is 2.09. The topological polar surface area (TPSA) is 101 Å². The molecule has 2 aromatic rings. The van der Waals surface area contributed by atoms with Crippen LogP contribution in [0.3, 0.4) is 0 Å². The zero-order chi connectivity index (χ0) is 13.1. The number of anilines is 1. The van der Waals surface area contributed by atoms with Crippen LogP contribution in [0.15, 0.2) is 17.5 Å². The molecule has 0 aliphatic carbocycles. The van der Waals surface area contributed by atoms with Crippen molar-refractivity contribution < 1.29 is 0 Å². The molecular weight excluding hydrogens is 228 g/mol. The van der Waals surface area contributed by atoms with Crippen molar-refractivity contribution in [1.29, 1.82) is 10.5 Å². The summed E-state index contributed by atoms with van der Waals surface area (Å²) in [5.74, 6) is 0. The van der Waals surface area contributed by atoms with E-state index in [9.17, 15) is 0 Å². The number of nitrogens with zero attached hydrogens (tertiary/aromatic N) is 4. The lowest BCUT2D eigenvalue weighted by molar-refractivity contribution is 1.27. The number of nitriles is 2. The summed E-state index contributed by atoms with van der Waals surface area (Å²) in [5, 5.41) is 21.0. The van der Waals surface area contributed by atoms with Gasteiger partial charge >= 0.3 is 0 Å². The summed E-state index contributed by atoms with van der Waals surface area (Å²) in [4.78, 5) is 7.21. The Balaban J connectivity index is 2.54. The van der Waals surface area contributed by atoms with E-state index in [-0.39, 0.29) is 5.71 Å². The third-order valence-electron chi connectivity index (χ3n) is 2.72. The average molecular weight is 238 g/mol. The number of aryl methyl sites for hydroxylation is 1. The minimum Gasteiger partial charge on any atom is -0.345 e. The molecule has 6 nitrogen and oxygen atoms in total. The molecular formula is C12H10N6. The minimum absolute atomic E-state index is 0.223. The number of rotatable bonds is 2. The van der Waals surface area contributed by atoms with Gasteiger partial charge in [0.05, 0.1) is 17.5 Å². The summed E-state index contributed by atoms with van der Waals surface area (Å²) in [7, 11) is 0. The van der Waals surface area contributed by atoms with Crippen LogP contribution in [0.25, 0.3) is 11.0 Å². The second-order valence-corrected chi connectivity index (χ2v) is 3.79. The highest BCUT2D eigenvalue weighted by Crippen LogP contribution is 2.27. The summed E-state index contributed by atoms with van der Waals surface area (Å²) in [6.07, 6.45) is 1.59. The molecule has 1 heterocycles. The number of imidazole rings is 1. The van der Waals surface area contributed by atoms with Gasteiger partial charge in [-0.3, -0.25) is 5.43 Å². The van der Waals surface area contributed by atoms with Gasteiger partial charge in [0.25, 0.3) is 0 Å². The maximum Gasteiger partial charge on any atom is 0.237 e. The molecule has 0 unspecified atom stereocenters. The van der Waals surface area contributed by atoms with Crippen LogP contribution in [0.4, 0.5) is 5.69 Å². The summed E-state index contributed by atoms with van der Waals surface area (Å²) >= 11 is 0. The number of aromatic nitrogens is 2. The number of nitrogens with one attached hydrogen (secondary N) is 2. The first kappa shape index (κ1) is 11.6. The normalized spacial score (nSPS) is 9.56. The van der Waals surface area contributed by atoms with Crippen molar-refractivity contribution in [1.82, 2.24) is 9.97 Å². The SMILES string of the molecule is Cc1cc2[nH]cnc2c(NN=C(C#N)C#N)c1C. The lowest BCUT2D eigenvalue weighted by atomic mass is 10.1. The molecule has 18 heavy (non-hydrogen) atoms. The van der Waals surface area contributed by atoms with Gasteiger partial charge in [-0.05, 0) is 31.0 Å². The molecule has 0 saturated heterocycles.